The molecule has 1 aliphatic heterocycles. The highest BCUT2D eigenvalue weighted by Gasteiger charge is 2.28. The minimum atomic E-state index is 0.110. The van der Waals surface area contributed by atoms with Crippen molar-refractivity contribution < 1.29 is 9.59 Å². The summed E-state index contributed by atoms with van der Waals surface area (Å²) < 4.78 is 0. The van der Waals surface area contributed by atoms with Gasteiger partial charge < -0.3 is 10.2 Å². The Bertz CT molecular complexity index is 400. The molecule has 2 amide bonds. The van der Waals surface area contributed by atoms with Gasteiger partial charge in [0.15, 0.2) is 0 Å². The van der Waals surface area contributed by atoms with Crippen molar-refractivity contribution in [2.45, 2.75) is 78.2 Å². The first kappa shape index (κ1) is 17.3. The van der Waals surface area contributed by atoms with E-state index in [9.17, 15) is 9.59 Å². The monoisotopic (exact) mass is 308 g/mol. The highest BCUT2D eigenvalue weighted by Crippen LogP contribution is 2.36. The number of hydrogen-bond donors (Lipinski definition) is 1. The molecule has 0 unspecified atom stereocenters. The lowest BCUT2D eigenvalue weighted by Gasteiger charge is -2.29. The number of carbonyl (C=O) groups is 2. The van der Waals surface area contributed by atoms with Gasteiger partial charge in [-0.25, -0.2) is 0 Å². The third-order valence-corrected chi connectivity index (χ3v) is 5.34. The standard InChI is InChI=1S/C18H32N2O2/c1-18(2,3)14-6-4-7-15(10-9-14)19-16(21)11-13-20-12-5-8-17(20)22/h14-15H,4-13H2,1-3H3,(H,19,21)/t14-,15+/m0/s1. The smallest absolute Gasteiger partial charge is 0.222 e. The fraction of sp³-hybridized carbons (Fsp3) is 0.889. The quantitative estimate of drug-likeness (QED) is 0.811. The highest BCUT2D eigenvalue weighted by molar-refractivity contribution is 5.80. The van der Waals surface area contributed by atoms with Crippen LogP contribution in [0.2, 0.25) is 0 Å². The Morgan fingerprint density at radius 1 is 1.18 bits per heavy atom. The van der Waals surface area contributed by atoms with Gasteiger partial charge in [-0.15, -0.1) is 0 Å². The normalized spacial score (nSPS) is 26.9. The van der Waals surface area contributed by atoms with Crippen LogP contribution in [0.15, 0.2) is 0 Å². The molecule has 4 nitrogen and oxygen atoms in total. The maximum absolute atomic E-state index is 12.1. The molecule has 2 aliphatic rings. The summed E-state index contributed by atoms with van der Waals surface area (Å²) in [5.74, 6) is 1.07. The van der Waals surface area contributed by atoms with E-state index >= 15 is 0 Å². The molecule has 4 heteroatoms. The Morgan fingerprint density at radius 2 is 1.95 bits per heavy atom. The zero-order valence-corrected chi connectivity index (χ0v) is 14.5. The average molecular weight is 308 g/mol. The van der Waals surface area contributed by atoms with Crippen LogP contribution in [-0.4, -0.2) is 35.8 Å². The molecule has 0 aromatic rings. The molecule has 2 atom stereocenters. The molecular formula is C18H32N2O2. The molecule has 1 aliphatic carbocycles. The molecule has 2 fully saturated rings. The molecule has 126 valence electrons. The van der Waals surface area contributed by atoms with E-state index < -0.39 is 0 Å². The first-order chi connectivity index (χ1) is 10.4. The van der Waals surface area contributed by atoms with Gasteiger partial charge >= 0.3 is 0 Å². The van der Waals surface area contributed by atoms with Gasteiger partial charge in [0.05, 0.1) is 0 Å². The lowest BCUT2D eigenvalue weighted by molar-refractivity contribution is -0.128. The van der Waals surface area contributed by atoms with Gasteiger partial charge in [-0.05, 0) is 43.4 Å². The van der Waals surface area contributed by atoms with Gasteiger partial charge in [-0.2, -0.15) is 0 Å². The summed E-state index contributed by atoms with van der Waals surface area (Å²) in [7, 11) is 0. The van der Waals surface area contributed by atoms with E-state index in [2.05, 4.69) is 26.1 Å². The maximum Gasteiger partial charge on any atom is 0.222 e. The predicted molar refractivity (Wildman–Crippen MR) is 88.4 cm³/mol. The first-order valence-corrected chi connectivity index (χ1v) is 8.93. The molecular weight excluding hydrogens is 276 g/mol. The van der Waals surface area contributed by atoms with E-state index in [0.717, 1.165) is 31.7 Å². The Morgan fingerprint density at radius 3 is 2.59 bits per heavy atom. The largest absolute Gasteiger partial charge is 0.353 e. The van der Waals surface area contributed by atoms with E-state index in [1.807, 2.05) is 4.90 Å². The summed E-state index contributed by atoms with van der Waals surface area (Å²) in [6.07, 6.45) is 7.92. The van der Waals surface area contributed by atoms with Gasteiger partial charge in [0.25, 0.3) is 0 Å². The second-order valence-electron chi connectivity index (χ2n) is 8.07. The number of hydrogen-bond acceptors (Lipinski definition) is 2. The van der Waals surface area contributed by atoms with Crippen LogP contribution >= 0.6 is 0 Å². The third kappa shape index (κ3) is 4.99. The average Bonchev–Trinajstić information content (AvgIpc) is 2.69. The van der Waals surface area contributed by atoms with E-state index in [1.165, 1.54) is 19.3 Å². The van der Waals surface area contributed by atoms with Crippen molar-refractivity contribution in [2.75, 3.05) is 13.1 Å². The predicted octanol–water partition coefficient (Wildman–Crippen LogP) is 3.11. The number of rotatable bonds is 4. The second kappa shape index (κ2) is 7.47. The van der Waals surface area contributed by atoms with Gasteiger partial charge in [0.2, 0.25) is 11.8 Å². The number of nitrogens with one attached hydrogen (secondary N) is 1. The fourth-order valence-electron chi connectivity index (χ4n) is 3.79. The molecule has 1 saturated carbocycles. The Kier molecular flexibility index (Phi) is 5.87. The van der Waals surface area contributed by atoms with E-state index in [-0.39, 0.29) is 11.8 Å². The topological polar surface area (TPSA) is 49.4 Å². The van der Waals surface area contributed by atoms with Crippen molar-refractivity contribution >= 4 is 11.8 Å². The lowest BCUT2D eigenvalue weighted by Crippen LogP contribution is -2.37. The molecule has 22 heavy (non-hydrogen) atoms. The zero-order chi connectivity index (χ0) is 16.2. The van der Waals surface area contributed by atoms with Crippen LogP contribution in [0, 0.1) is 11.3 Å². The van der Waals surface area contributed by atoms with E-state index in [1.54, 1.807) is 0 Å². The van der Waals surface area contributed by atoms with Crippen LogP contribution in [0.25, 0.3) is 0 Å². The fourth-order valence-corrected chi connectivity index (χ4v) is 3.79. The summed E-state index contributed by atoms with van der Waals surface area (Å²) in [5, 5.41) is 3.19. The summed E-state index contributed by atoms with van der Waals surface area (Å²) in [6, 6.07) is 0.328. The highest BCUT2D eigenvalue weighted by atomic mass is 16.2. The SMILES string of the molecule is CC(C)(C)[C@H]1CCC[C@@H](NC(=O)CCN2CCCC2=O)CC1. The number of likely N-dealkylation sites (tertiary alicyclic amines) is 1. The summed E-state index contributed by atoms with van der Waals surface area (Å²) in [5.41, 5.74) is 0.370. The van der Waals surface area contributed by atoms with Crippen LogP contribution in [-0.2, 0) is 9.59 Å². The number of nitrogens with zero attached hydrogens (tertiary/aromatic N) is 1. The summed E-state index contributed by atoms with van der Waals surface area (Å²) in [4.78, 5) is 25.5. The van der Waals surface area contributed by atoms with Crippen LogP contribution in [0.5, 0.6) is 0 Å². The van der Waals surface area contributed by atoms with Crippen LogP contribution < -0.4 is 5.32 Å². The second-order valence-corrected chi connectivity index (χ2v) is 8.07. The summed E-state index contributed by atoms with van der Waals surface area (Å²) in [6.45, 7) is 8.38. The van der Waals surface area contributed by atoms with Crippen LogP contribution in [0.1, 0.15) is 72.1 Å². The molecule has 0 spiro atoms. The van der Waals surface area contributed by atoms with Crippen molar-refractivity contribution in [3.63, 3.8) is 0 Å². The van der Waals surface area contributed by atoms with Gasteiger partial charge in [-0.1, -0.05) is 27.2 Å². The molecule has 1 saturated heterocycles. The number of amides is 2. The Balaban J connectivity index is 1.71. The third-order valence-electron chi connectivity index (χ3n) is 5.34. The molecule has 0 bridgehead atoms. The molecule has 0 aromatic carbocycles. The molecule has 1 heterocycles. The molecule has 1 N–H and O–H groups in total. The van der Waals surface area contributed by atoms with Crippen molar-refractivity contribution in [2.24, 2.45) is 11.3 Å². The number of carbonyl (C=O) groups excluding carboxylic acids is 2. The van der Waals surface area contributed by atoms with E-state index in [0.29, 0.717) is 30.8 Å². The molecule has 2 rings (SSSR count). The van der Waals surface area contributed by atoms with Crippen LogP contribution in [0.4, 0.5) is 0 Å². The van der Waals surface area contributed by atoms with Crippen molar-refractivity contribution in [1.29, 1.82) is 0 Å². The lowest BCUT2D eigenvalue weighted by atomic mass is 9.76. The first-order valence-electron chi connectivity index (χ1n) is 8.93. The van der Waals surface area contributed by atoms with Crippen LogP contribution in [0.3, 0.4) is 0 Å². The van der Waals surface area contributed by atoms with Gasteiger partial charge in [0.1, 0.15) is 0 Å². The minimum Gasteiger partial charge on any atom is -0.353 e. The molecule has 0 radical (unpaired) electrons. The van der Waals surface area contributed by atoms with Crippen molar-refractivity contribution in [3.05, 3.63) is 0 Å². The molecule has 0 aromatic heterocycles. The van der Waals surface area contributed by atoms with Crippen molar-refractivity contribution in [1.82, 2.24) is 10.2 Å². The minimum absolute atomic E-state index is 0.110. The van der Waals surface area contributed by atoms with Gasteiger partial charge in [-0.3, -0.25) is 9.59 Å². The summed E-state index contributed by atoms with van der Waals surface area (Å²) >= 11 is 0. The maximum atomic E-state index is 12.1. The van der Waals surface area contributed by atoms with Crippen molar-refractivity contribution in [3.8, 4) is 0 Å². The Labute approximate surface area is 135 Å². The Hall–Kier alpha value is -1.06. The van der Waals surface area contributed by atoms with Gasteiger partial charge in [0, 0.05) is 32.0 Å². The van der Waals surface area contributed by atoms with E-state index in [4.69, 9.17) is 0 Å². The zero-order valence-electron chi connectivity index (χ0n) is 14.5.